The van der Waals surface area contributed by atoms with Gasteiger partial charge in [-0.05, 0) is 36.8 Å². The van der Waals surface area contributed by atoms with Crippen LogP contribution in [0.1, 0.15) is 5.56 Å². The summed E-state index contributed by atoms with van der Waals surface area (Å²) in [5, 5.41) is 7.14. The van der Waals surface area contributed by atoms with Crippen LogP contribution in [0.25, 0.3) is 65.9 Å². The van der Waals surface area contributed by atoms with Gasteiger partial charge in [0.2, 0.25) is 5.69 Å². The summed E-state index contributed by atoms with van der Waals surface area (Å²) in [6.07, 6.45) is 2.16. The lowest BCUT2D eigenvalue weighted by Crippen LogP contribution is -2.31. The number of rotatable bonds is 0. The van der Waals surface area contributed by atoms with Gasteiger partial charge in [-0.1, -0.05) is 48.2 Å². The van der Waals surface area contributed by atoms with Gasteiger partial charge in [0, 0.05) is 42.8 Å². The molecule has 156 valence electrons. The second kappa shape index (κ2) is 5.97. The summed E-state index contributed by atoms with van der Waals surface area (Å²) in [4.78, 5) is 2.50. The van der Waals surface area contributed by atoms with Crippen molar-refractivity contribution < 1.29 is 13.4 Å². The molecule has 1 aliphatic rings. The van der Waals surface area contributed by atoms with Crippen molar-refractivity contribution in [1.29, 1.82) is 0 Å². The second-order valence-corrected chi connectivity index (χ2v) is 9.95. The first kappa shape index (κ1) is 17.8. The number of benzene rings is 4. The van der Waals surface area contributed by atoms with E-state index >= 15 is 0 Å². The minimum Gasteiger partial charge on any atom is -0.456 e. The Morgan fingerprint density at radius 3 is 2.30 bits per heavy atom. The molecule has 4 heteroatoms. The molecule has 7 aromatic rings. The van der Waals surface area contributed by atoms with Crippen molar-refractivity contribution in [3.8, 4) is 11.3 Å². The van der Waals surface area contributed by atoms with Crippen molar-refractivity contribution in [2.45, 2.75) is 16.7 Å². The molecule has 4 aromatic carbocycles. The molecule has 0 atom stereocenters. The minimum absolute atomic E-state index is 0.933. The fraction of sp³-hybridized carbons (Fsp3) is 0.0690. The predicted octanol–water partition coefficient (Wildman–Crippen LogP) is 7.90. The van der Waals surface area contributed by atoms with Gasteiger partial charge in [-0.2, -0.15) is 0 Å². The molecule has 3 nitrogen and oxygen atoms in total. The minimum atomic E-state index is 0.933. The molecule has 33 heavy (non-hydrogen) atoms. The Bertz CT molecular complexity index is 1980. The number of hydrogen-bond acceptors (Lipinski definition) is 3. The van der Waals surface area contributed by atoms with Crippen molar-refractivity contribution in [2.75, 3.05) is 0 Å². The zero-order valence-electron chi connectivity index (χ0n) is 18.1. The molecule has 0 aliphatic carbocycles. The van der Waals surface area contributed by atoms with Gasteiger partial charge in [-0.25, -0.2) is 4.57 Å². The van der Waals surface area contributed by atoms with Gasteiger partial charge in [0.25, 0.3) is 0 Å². The third-order valence-corrected chi connectivity index (χ3v) is 8.15. The number of pyridine rings is 1. The van der Waals surface area contributed by atoms with E-state index in [4.69, 9.17) is 8.83 Å². The van der Waals surface area contributed by atoms with Gasteiger partial charge in [0.1, 0.15) is 29.4 Å². The van der Waals surface area contributed by atoms with Gasteiger partial charge in [-0.15, -0.1) is 0 Å². The van der Waals surface area contributed by atoms with Gasteiger partial charge < -0.3 is 8.83 Å². The van der Waals surface area contributed by atoms with E-state index in [0.717, 1.165) is 27.7 Å². The number of aryl methyl sites for hydroxylation is 2. The van der Waals surface area contributed by atoms with E-state index in [-0.39, 0.29) is 0 Å². The average molecular weight is 445 g/mol. The van der Waals surface area contributed by atoms with Crippen LogP contribution in [0.2, 0.25) is 0 Å². The monoisotopic (exact) mass is 444 g/mol. The zero-order valence-corrected chi connectivity index (χ0v) is 18.9. The van der Waals surface area contributed by atoms with Crippen LogP contribution in [0.5, 0.6) is 0 Å². The fourth-order valence-electron chi connectivity index (χ4n) is 5.63. The van der Waals surface area contributed by atoms with E-state index in [1.165, 1.54) is 53.5 Å². The Labute approximate surface area is 193 Å². The summed E-state index contributed by atoms with van der Waals surface area (Å²) in [5.74, 6) is 0. The third-order valence-electron chi connectivity index (χ3n) is 7.06. The third kappa shape index (κ3) is 2.14. The lowest BCUT2D eigenvalue weighted by Gasteiger charge is -2.20. The first-order valence-electron chi connectivity index (χ1n) is 11.1. The summed E-state index contributed by atoms with van der Waals surface area (Å²) in [7, 11) is 2.14. The lowest BCUT2D eigenvalue weighted by atomic mass is 9.94. The van der Waals surface area contributed by atoms with Gasteiger partial charge in [0.15, 0.2) is 6.20 Å². The molecular weight excluding hydrogens is 426 g/mol. The van der Waals surface area contributed by atoms with Gasteiger partial charge in [-0.3, -0.25) is 0 Å². The summed E-state index contributed by atoms with van der Waals surface area (Å²) < 4.78 is 14.9. The molecule has 0 radical (unpaired) electrons. The van der Waals surface area contributed by atoms with E-state index in [2.05, 4.69) is 79.3 Å². The van der Waals surface area contributed by atoms with Crippen molar-refractivity contribution in [3.05, 3.63) is 78.5 Å². The normalized spacial score (nSPS) is 13.0. The van der Waals surface area contributed by atoms with E-state index in [1.54, 1.807) is 0 Å². The number of fused-ring (bicyclic) bond motifs is 9. The SMILES string of the molecule is Cc1c2c(cc3oc4ccccc4c13)Sc1cc3c4ccccc4oc3c3cc[n+](C)c-2c13. The zero-order chi connectivity index (χ0) is 21.8. The number of furan rings is 2. The van der Waals surface area contributed by atoms with Gasteiger partial charge >= 0.3 is 0 Å². The average Bonchev–Trinajstić information content (AvgIpc) is 3.38. The van der Waals surface area contributed by atoms with Crippen LogP contribution in [-0.2, 0) is 7.05 Å². The van der Waals surface area contributed by atoms with E-state index in [1.807, 2.05) is 23.9 Å². The number of nitrogens with zero attached hydrogens (tertiary/aromatic N) is 1. The van der Waals surface area contributed by atoms with Crippen LogP contribution in [-0.4, -0.2) is 0 Å². The largest absolute Gasteiger partial charge is 0.456 e. The molecule has 0 amide bonds. The van der Waals surface area contributed by atoms with Crippen LogP contribution < -0.4 is 4.57 Å². The van der Waals surface area contributed by atoms with E-state index in [0.29, 0.717) is 0 Å². The summed E-state index contributed by atoms with van der Waals surface area (Å²) in [6.45, 7) is 2.23. The highest BCUT2D eigenvalue weighted by atomic mass is 32.2. The molecule has 4 heterocycles. The Hall–Kier alpha value is -3.76. The molecular formula is C29H18NO2S+. The molecule has 3 aromatic heterocycles. The van der Waals surface area contributed by atoms with E-state index < -0.39 is 0 Å². The Kier molecular flexibility index (Phi) is 3.21. The maximum absolute atomic E-state index is 6.38. The van der Waals surface area contributed by atoms with Crippen LogP contribution in [0, 0.1) is 6.92 Å². The molecule has 0 saturated carbocycles. The second-order valence-electron chi connectivity index (χ2n) is 8.86. The molecule has 0 saturated heterocycles. The lowest BCUT2D eigenvalue weighted by molar-refractivity contribution is -0.659. The molecule has 8 rings (SSSR count). The molecule has 0 unspecified atom stereocenters. The highest BCUT2D eigenvalue weighted by molar-refractivity contribution is 7.99. The molecule has 0 N–H and O–H groups in total. The summed E-state index contributed by atoms with van der Waals surface area (Å²) in [5.41, 5.74) is 7.58. The molecule has 1 aliphatic heterocycles. The maximum atomic E-state index is 6.38. The number of hydrogen-bond donors (Lipinski definition) is 0. The van der Waals surface area contributed by atoms with Crippen molar-refractivity contribution in [2.24, 2.45) is 7.05 Å². The van der Waals surface area contributed by atoms with E-state index in [9.17, 15) is 0 Å². The highest BCUT2D eigenvalue weighted by Gasteiger charge is 2.32. The Morgan fingerprint density at radius 2 is 1.45 bits per heavy atom. The maximum Gasteiger partial charge on any atom is 0.222 e. The first-order chi connectivity index (χ1) is 16.2. The number of para-hydroxylation sites is 2. The van der Waals surface area contributed by atoms with Crippen LogP contribution in [0.15, 0.2) is 91.6 Å². The van der Waals surface area contributed by atoms with Crippen LogP contribution >= 0.6 is 11.8 Å². The smallest absolute Gasteiger partial charge is 0.222 e. The van der Waals surface area contributed by atoms with Crippen LogP contribution in [0.4, 0.5) is 0 Å². The van der Waals surface area contributed by atoms with Crippen LogP contribution in [0.3, 0.4) is 0 Å². The predicted molar refractivity (Wildman–Crippen MR) is 134 cm³/mol. The Balaban J connectivity index is 1.58. The standard InChI is InChI=1S/C29H18NO2S/c1-15-25-17-8-4-6-10-21(17)31-22(25)14-24-26(15)28-27-18(11-12-30(28)2)29-19(13-23(27)33-24)16-7-3-5-9-20(16)32-29/h3-14H,1-2H3/q+1. The Morgan fingerprint density at radius 1 is 0.697 bits per heavy atom. The summed E-state index contributed by atoms with van der Waals surface area (Å²) >= 11 is 1.83. The first-order valence-corrected chi connectivity index (χ1v) is 11.9. The fourth-order valence-corrected chi connectivity index (χ4v) is 6.87. The number of aromatic nitrogens is 1. The van der Waals surface area contributed by atoms with Crippen molar-refractivity contribution in [3.63, 3.8) is 0 Å². The summed E-state index contributed by atoms with van der Waals surface area (Å²) in [6, 6.07) is 23.4. The molecule has 0 spiro atoms. The molecule has 0 fully saturated rings. The van der Waals surface area contributed by atoms with Crippen molar-refractivity contribution in [1.82, 2.24) is 0 Å². The highest BCUT2D eigenvalue weighted by Crippen LogP contribution is 2.52. The molecule has 0 bridgehead atoms. The van der Waals surface area contributed by atoms with Crippen molar-refractivity contribution >= 4 is 66.4 Å². The van der Waals surface area contributed by atoms with Gasteiger partial charge in [0.05, 0.1) is 10.9 Å². The quantitative estimate of drug-likeness (QED) is 0.223. The topological polar surface area (TPSA) is 30.2 Å².